The van der Waals surface area contributed by atoms with Crippen LogP contribution in [0, 0.1) is 0 Å². The average Bonchev–Trinajstić information content (AvgIpc) is 2.65. The summed E-state index contributed by atoms with van der Waals surface area (Å²) in [5.74, 6) is 0.642. The Hall–Kier alpha value is -0.810. The van der Waals surface area contributed by atoms with Crippen LogP contribution in [0.1, 0.15) is 6.92 Å². The van der Waals surface area contributed by atoms with E-state index in [0.29, 0.717) is 5.82 Å². The van der Waals surface area contributed by atoms with Crippen LogP contribution >= 0.6 is 11.5 Å². The molecule has 0 bridgehead atoms. The van der Waals surface area contributed by atoms with Crippen LogP contribution in [-0.4, -0.2) is 42.0 Å². The average molecular weight is 212 g/mol. The molecule has 0 aromatic carbocycles. The molecular formula is C9H16N4S. The second-order valence-electron chi connectivity index (χ2n) is 3.51. The Labute approximate surface area is 88.5 Å². The molecule has 1 aliphatic heterocycles. The molecule has 1 aromatic heterocycles. The second-order valence-corrected chi connectivity index (χ2v) is 4.29. The Morgan fingerprint density at radius 2 is 2.14 bits per heavy atom. The first-order valence-electron chi connectivity index (χ1n) is 4.99. The van der Waals surface area contributed by atoms with Crippen molar-refractivity contribution in [3.05, 3.63) is 6.07 Å². The van der Waals surface area contributed by atoms with E-state index >= 15 is 0 Å². The van der Waals surface area contributed by atoms with E-state index in [9.17, 15) is 0 Å². The van der Waals surface area contributed by atoms with Crippen LogP contribution in [0.5, 0.6) is 0 Å². The van der Waals surface area contributed by atoms with E-state index in [2.05, 4.69) is 21.1 Å². The molecule has 78 valence electrons. The van der Waals surface area contributed by atoms with Gasteiger partial charge in [-0.2, -0.15) is 4.37 Å². The number of likely N-dealkylation sites (N-methyl/N-ethyl adjacent to an activating group) is 1. The lowest BCUT2D eigenvalue weighted by Gasteiger charge is -2.34. The van der Waals surface area contributed by atoms with E-state index < -0.39 is 0 Å². The number of nitrogens with two attached hydrogens (primary N) is 1. The summed E-state index contributed by atoms with van der Waals surface area (Å²) in [6.45, 7) is 7.84. The molecule has 2 N–H and O–H groups in total. The molecule has 0 atom stereocenters. The highest BCUT2D eigenvalue weighted by atomic mass is 32.1. The van der Waals surface area contributed by atoms with Gasteiger partial charge >= 0.3 is 0 Å². The summed E-state index contributed by atoms with van der Waals surface area (Å²) >= 11 is 1.50. The van der Waals surface area contributed by atoms with Gasteiger partial charge in [0.05, 0.1) is 0 Å². The monoisotopic (exact) mass is 212 g/mol. The second kappa shape index (κ2) is 4.14. The SMILES string of the molecule is CCN1CCN(c2cc(N)ns2)CC1. The third kappa shape index (κ3) is 1.99. The maximum atomic E-state index is 5.60. The van der Waals surface area contributed by atoms with Gasteiger partial charge in [-0.15, -0.1) is 0 Å². The first-order chi connectivity index (χ1) is 6.79. The van der Waals surface area contributed by atoms with E-state index in [1.807, 2.05) is 6.07 Å². The molecular weight excluding hydrogens is 196 g/mol. The number of aromatic nitrogens is 1. The molecule has 0 spiro atoms. The standard InChI is InChI=1S/C9H16N4S/c1-2-12-3-5-13(6-4-12)9-7-8(10)11-14-9/h7H,2-6H2,1H3,(H2,10,11). The van der Waals surface area contributed by atoms with Crippen molar-refractivity contribution in [1.29, 1.82) is 0 Å². The predicted octanol–water partition coefficient (Wildman–Crippen LogP) is 0.867. The van der Waals surface area contributed by atoms with Gasteiger partial charge in [0.25, 0.3) is 0 Å². The predicted molar refractivity (Wildman–Crippen MR) is 60.9 cm³/mol. The zero-order valence-corrected chi connectivity index (χ0v) is 9.26. The molecule has 14 heavy (non-hydrogen) atoms. The molecule has 1 aliphatic rings. The summed E-state index contributed by atoms with van der Waals surface area (Å²) < 4.78 is 4.10. The van der Waals surface area contributed by atoms with E-state index in [-0.39, 0.29) is 0 Å². The number of piperazine rings is 1. The highest BCUT2D eigenvalue weighted by Gasteiger charge is 2.17. The molecule has 2 heterocycles. The number of rotatable bonds is 2. The summed E-state index contributed by atoms with van der Waals surface area (Å²) in [6, 6.07) is 1.96. The largest absolute Gasteiger partial charge is 0.383 e. The molecule has 1 aromatic rings. The zero-order valence-electron chi connectivity index (χ0n) is 8.44. The van der Waals surface area contributed by atoms with Gasteiger partial charge in [0.2, 0.25) is 0 Å². The van der Waals surface area contributed by atoms with Crippen molar-refractivity contribution < 1.29 is 0 Å². The summed E-state index contributed by atoms with van der Waals surface area (Å²) in [4.78, 5) is 4.82. The number of hydrogen-bond donors (Lipinski definition) is 1. The topological polar surface area (TPSA) is 45.4 Å². The molecule has 1 fully saturated rings. The quantitative estimate of drug-likeness (QED) is 0.790. The molecule has 0 aliphatic carbocycles. The summed E-state index contributed by atoms with van der Waals surface area (Å²) in [6.07, 6.45) is 0. The van der Waals surface area contributed by atoms with Crippen LogP contribution in [0.15, 0.2) is 6.07 Å². The van der Waals surface area contributed by atoms with E-state index in [1.165, 1.54) is 16.5 Å². The van der Waals surface area contributed by atoms with Crippen molar-refractivity contribution in [2.24, 2.45) is 0 Å². The van der Waals surface area contributed by atoms with Gasteiger partial charge in [0.15, 0.2) is 0 Å². The van der Waals surface area contributed by atoms with Crippen LogP contribution in [0.4, 0.5) is 10.8 Å². The molecule has 0 radical (unpaired) electrons. The van der Waals surface area contributed by atoms with Gasteiger partial charge < -0.3 is 15.5 Å². The summed E-state index contributed by atoms with van der Waals surface area (Å²) in [5, 5.41) is 1.21. The number of anilines is 2. The molecule has 4 nitrogen and oxygen atoms in total. The van der Waals surface area contributed by atoms with Crippen molar-refractivity contribution in [1.82, 2.24) is 9.27 Å². The number of hydrogen-bond acceptors (Lipinski definition) is 5. The third-order valence-electron chi connectivity index (χ3n) is 2.65. The molecule has 1 saturated heterocycles. The smallest absolute Gasteiger partial charge is 0.139 e. The summed E-state index contributed by atoms with van der Waals surface area (Å²) in [5.41, 5.74) is 5.60. The van der Waals surface area contributed by atoms with Gasteiger partial charge in [-0.25, -0.2) is 0 Å². The Kier molecular flexibility index (Phi) is 2.88. The number of nitrogens with zero attached hydrogens (tertiary/aromatic N) is 3. The van der Waals surface area contributed by atoms with Crippen LogP contribution < -0.4 is 10.6 Å². The first-order valence-corrected chi connectivity index (χ1v) is 5.76. The van der Waals surface area contributed by atoms with Gasteiger partial charge in [0, 0.05) is 32.2 Å². The van der Waals surface area contributed by atoms with E-state index in [4.69, 9.17) is 5.73 Å². The van der Waals surface area contributed by atoms with E-state index in [0.717, 1.165) is 32.7 Å². The molecule has 0 saturated carbocycles. The van der Waals surface area contributed by atoms with Crippen LogP contribution in [0.3, 0.4) is 0 Å². The van der Waals surface area contributed by atoms with Crippen molar-refractivity contribution in [3.63, 3.8) is 0 Å². The highest BCUT2D eigenvalue weighted by Crippen LogP contribution is 2.23. The van der Waals surface area contributed by atoms with Gasteiger partial charge in [-0.1, -0.05) is 6.92 Å². The highest BCUT2D eigenvalue weighted by molar-refractivity contribution is 7.10. The summed E-state index contributed by atoms with van der Waals surface area (Å²) in [7, 11) is 0. The molecule has 0 amide bonds. The van der Waals surface area contributed by atoms with Crippen molar-refractivity contribution in [3.8, 4) is 0 Å². The fourth-order valence-electron chi connectivity index (χ4n) is 1.71. The Morgan fingerprint density at radius 3 is 2.64 bits per heavy atom. The maximum Gasteiger partial charge on any atom is 0.139 e. The normalized spacial score (nSPS) is 18.8. The lowest BCUT2D eigenvalue weighted by Crippen LogP contribution is -2.45. The van der Waals surface area contributed by atoms with Crippen molar-refractivity contribution in [2.45, 2.75) is 6.92 Å². The first kappa shape index (κ1) is 9.73. The Morgan fingerprint density at radius 1 is 1.43 bits per heavy atom. The van der Waals surface area contributed by atoms with Gasteiger partial charge in [0.1, 0.15) is 10.8 Å². The zero-order chi connectivity index (χ0) is 9.97. The minimum Gasteiger partial charge on any atom is -0.383 e. The minimum absolute atomic E-state index is 0.642. The lowest BCUT2D eigenvalue weighted by molar-refractivity contribution is 0.271. The third-order valence-corrected chi connectivity index (χ3v) is 3.51. The Balaban J connectivity index is 1.95. The molecule has 0 unspecified atom stereocenters. The Bertz CT molecular complexity index is 291. The van der Waals surface area contributed by atoms with Crippen molar-refractivity contribution in [2.75, 3.05) is 43.4 Å². The fourth-order valence-corrected chi connectivity index (χ4v) is 2.44. The fraction of sp³-hybridized carbons (Fsp3) is 0.667. The lowest BCUT2D eigenvalue weighted by atomic mass is 10.3. The van der Waals surface area contributed by atoms with E-state index in [1.54, 1.807) is 0 Å². The van der Waals surface area contributed by atoms with Crippen LogP contribution in [0.25, 0.3) is 0 Å². The molecule has 5 heteroatoms. The maximum absolute atomic E-state index is 5.60. The van der Waals surface area contributed by atoms with Gasteiger partial charge in [-0.05, 0) is 18.1 Å². The van der Waals surface area contributed by atoms with Crippen LogP contribution in [0.2, 0.25) is 0 Å². The number of nitrogen functional groups attached to an aromatic ring is 1. The molecule has 2 rings (SSSR count). The minimum atomic E-state index is 0.642. The van der Waals surface area contributed by atoms with Gasteiger partial charge in [-0.3, -0.25) is 0 Å². The van der Waals surface area contributed by atoms with Crippen LogP contribution in [-0.2, 0) is 0 Å². The van der Waals surface area contributed by atoms with Crippen molar-refractivity contribution >= 4 is 22.4 Å².